The van der Waals surface area contributed by atoms with Gasteiger partial charge in [0.2, 0.25) is 0 Å². The highest BCUT2D eigenvalue weighted by molar-refractivity contribution is 7.39. The molecule has 8 heavy (non-hydrogen) atoms. The van der Waals surface area contributed by atoms with Gasteiger partial charge in [-0.05, 0) is 6.92 Å². The zero-order chi connectivity index (χ0) is 6.41. The van der Waals surface area contributed by atoms with Crippen molar-refractivity contribution in [1.82, 2.24) is 0 Å². The zero-order valence-electron chi connectivity index (χ0n) is 4.82. The molecule has 0 aromatic rings. The Kier molecular flexibility index (Phi) is 5.95. The quantitative estimate of drug-likeness (QED) is 0.458. The van der Waals surface area contributed by atoms with Crippen LogP contribution in [0.2, 0.25) is 0 Å². The van der Waals surface area contributed by atoms with Crippen molar-refractivity contribution in [3.8, 4) is 0 Å². The zero-order valence-corrected chi connectivity index (χ0v) is 6.57. The molecule has 0 fully saturated rings. The third kappa shape index (κ3) is 4.63. The van der Waals surface area contributed by atoms with E-state index in [9.17, 15) is 4.57 Å². The Labute approximate surface area is 55.0 Å². The Morgan fingerprint density at radius 1 is 1.75 bits per heavy atom. The lowest BCUT2D eigenvalue weighted by molar-refractivity contribution is 0.351. The fourth-order valence-corrected chi connectivity index (χ4v) is 1.39. The molecule has 0 spiro atoms. The number of rotatable bonds is 4. The van der Waals surface area contributed by atoms with Gasteiger partial charge in [-0.15, -0.1) is 11.6 Å². The van der Waals surface area contributed by atoms with Crippen LogP contribution in [0.4, 0.5) is 0 Å². The summed E-state index contributed by atoms with van der Waals surface area (Å²) in [5, 5.41) is 0. The average Bonchev–Trinajstić information content (AvgIpc) is 1.68. The van der Waals surface area contributed by atoms with E-state index >= 15 is 0 Å². The average molecular weight is 157 g/mol. The number of hydrogen-bond acceptors (Lipinski definition) is 2. The van der Waals surface area contributed by atoms with E-state index in [2.05, 4.69) is 0 Å². The van der Waals surface area contributed by atoms with E-state index in [-0.39, 0.29) is 0 Å². The minimum Gasteiger partial charge on any atom is -0.331 e. The van der Waals surface area contributed by atoms with Gasteiger partial charge in [0.1, 0.15) is 0 Å². The van der Waals surface area contributed by atoms with Crippen LogP contribution < -0.4 is 0 Å². The molecule has 0 aromatic carbocycles. The Bertz CT molecular complexity index is 68.4. The van der Waals surface area contributed by atoms with Crippen LogP contribution >= 0.6 is 19.6 Å². The van der Waals surface area contributed by atoms with Gasteiger partial charge in [0, 0.05) is 12.0 Å². The number of halogens is 1. The summed E-state index contributed by atoms with van der Waals surface area (Å²) in [6.07, 6.45) is 0.500. The Hall–Kier alpha value is 0.480. The summed E-state index contributed by atoms with van der Waals surface area (Å²) in [4.78, 5) is 0. The molecule has 0 aliphatic carbocycles. The van der Waals surface area contributed by atoms with Gasteiger partial charge < -0.3 is 4.52 Å². The van der Waals surface area contributed by atoms with Crippen molar-refractivity contribution in [1.29, 1.82) is 0 Å². The predicted octanol–water partition coefficient (Wildman–Crippen LogP) is 1.74. The van der Waals surface area contributed by atoms with Crippen LogP contribution in [-0.2, 0) is 9.09 Å². The van der Waals surface area contributed by atoms with E-state index in [4.69, 9.17) is 16.1 Å². The smallest absolute Gasteiger partial charge is 0.192 e. The van der Waals surface area contributed by atoms with E-state index in [0.29, 0.717) is 18.6 Å². The maximum atomic E-state index is 10.5. The van der Waals surface area contributed by atoms with Crippen LogP contribution in [0.25, 0.3) is 0 Å². The van der Waals surface area contributed by atoms with Crippen molar-refractivity contribution in [2.75, 3.05) is 18.6 Å². The van der Waals surface area contributed by atoms with Gasteiger partial charge in [-0.1, -0.05) is 0 Å². The molecule has 0 saturated heterocycles. The van der Waals surface area contributed by atoms with Crippen LogP contribution in [0.3, 0.4) is 0 Å². The maximum Gasteiger partial charge on any atom is 0.192 e. The highest BCUT2D eigenvalue weighted by Gasteiger charge is 1.93. The van der Waals surface area contributed by atoms with Gasteiger partial charge in [0.25, 0.3) is 0 Å². The van der Waals surface area contributed by atoms with Crippen LogP contribution in [0.1, 0.15) is 6.92 Å². The van der Waals surface area contributed by atoms with Gasteiger partial charge in [0.15, 0.2) is 8.03 Å². The predicted molar refractivity (Wildman–Crippen MR) is 36.2 cm³/mol. The van der Waals surface area contributed by atoms with Crippen molar-refractivity contribution in [3.05, 3.63) is 0 Å². The van der Waals surface area contributed by atoms with E-state index in [0.717, 1.165) is 0 Å². The molecule has 0 amide bonds. The van der Waals surface area contributed by atoms with E-state index in [1.54, 1.807) is 0 Å². The largest absolute Gasteiger partial charge is 0.331 e. The third-order valence-corrected chi connectivity index (χ3v) is 2.38. The highest BCUT2D eigenvalue weighted by atomic mass is 35.5. The molecule has 2 nitrogen and oxygen atoms in total. The van der Waals surface area contributed by atoms with Crippen molar-refractivity contribution >= 4 is 19.6 Å². The molecule has 1 atom stereocenters. The summed E-state index contributed by atoms with van der Waals surface area (Å²) in [5.41, 5.74) is 0. The number of hydrogen-bond donors (Lipinski definition) is 0. The van der Waals surface area contributed by atoms with Gasteiger partial charge in [0.05, 0.1) is 6.61 Å². The molecule has 0 aliphatic heterocycles. The molecule has 0 radical (unpaired) electrons. The molecule has 0 N–H and O–H groups in total. The highest BCUT2D eigenvalue weighted by Crippen LogP contribution is 2.20. The van der Waals surface area contributed by atoms with Crippen molar-refractivity contribution in [2.45, 2.75) is 6.92 Å². The van der Waals surface area contributed by atoms with Crippen molar-refractivity contribution < 1.29 is 9.09 Å². The minimum absolute atomic E-state index is 0.428. The first-order chi connectivity index (χ1) is 3.81. The lowest BCUT2D eigenvalue weighted by Gasteiger charge is -1.95. The third-order valence-electron chi connectivity index (χ3n) is 0.604. The molecule has 0 aliphatic rings. The summed E-state index contributed by atoms with van der Waals surface area (Å²) < 4.78 is 15.3. The second-order valence-corrected chi connectivity index (χ2v) is 3.15. The fraction of sp³-hybridized carbons (Fsp3) is 1.00. The Morgan fingerprint density at radius 2 is 2.38 bits per heavy atom. The summed E-state index contributed by atoms with van der Waals surface area (Å²) >= 11 is 5.28. The van der Waals surface area contributed by atoms with Crippen molar-refractivity contribution in [3.63, 3.8) is 0 Å². The molecule has 0 aromatic heterocycles. The van der Waals surface area contributed by atoms with Crippen LogP contribution in [0, 0.1) is 0 Å². The van der Waals surface area contributed by atoms with E-state index in [1.807, 2.05) is 6.92 Å². The first-order valence-electron chi connectivity index (χ1n) is 2.52. The summed E-state index contributed by atoms with van der Waals surface area (Å²) in [6, 6.07) is 0. The SMILES string of the molecule is CCO[PH](=O)CCCl. The second kappa shape index (κ2) is 5.61. The van der Waals surface area contributed by atoms with Gasteiger partial charge >= 0.3 is 0 Å². The Balaban J connectivity index is 3.06. The lowest BCUT2D eigenvalue weighted by Crippen LogP contribution is -1.83. The van der Waals surface area contributed by atoms with E-state index in [1.165, 1.54) is 0 Å². The number of alkyl halides is 1. The molecular weight excluding hydrogens is 146 g/mol. The molecule has 0 saturated carbocycles. The summed E-state index contributed by atoms with van der Waals surface area (Å²) in [5.74, 6) is 0.428. The molecule has 50 valence electrons. The molecule has 4 heteroatoms. The summed E-state index contributed by atoms with van der Waals surface area (Å²) in [6.45, 7) is 2.34. The van der Waals surface area contributed by atoms with E-state index < -0.39 is 8.03 Å². The van der Waals surface area contributed by atoms with Crippen LogP contribution in [0.5, 0.6) is 0 Å². The van der Waals surface area contributed by atoms with Gasteiger partial charge in [-0.25, -0.2) is 0 Å². The van der Waals surface area contributed by atoms with Crippen molar-refractivity contribution in [2.24, 2.45) is 0 Å². The first kappa shape index (κ1) is 8.48. The normalized spacial score (nSPS) is 13.8. The van der Waals surface area contributed by atoms with Crippen LogP contribution in [-0.4, -0.2) is 18.6 Å². The standard InChI is InChI=1S/C4H10ClO2P/c1-2-7-8(6)4-3-5/h8H,2-4H2,1H3. The minimum atomic E-state index is -1.77. The first-order valence-corrected chi connectivity index (χ1v) is 4.58. The van der Waals surface area contributed by atoms with Crippen LogP contribution in [0.15, 0.2) is 0 Å². The fourth-order valence-electron chi connectivity index (χ4n) is 0.310. The lowest BCUT2D eigenvalue weighted by atomic mass is 10.9. The second-order valence-electron chi connectivity index (χ2n) is 1.24. The molecular formula is C4H10ClO2P. The van der Waals surface area contributed by atoms with Gasteiger partial charge in [-0.3, -0.25) is 4.57 Å². The topological polar surface area (TPSA) is 26.3 Å². The Morgan fingerprint density at radius 3 is 2.75 bits per heavy atom. The molecule has 0 bridgehead atoms. The molecule has 0 rings (SSSR count). The summed E-state index contributed by atoms with van der Waals surface area (Å²) in [7, 11) is -1.77. The molecule has 1 unspecified atom stereocenters. The molecule has 0 heterocycles. The van der Waals surface area contributed by atoms with Gasteiger partial charge in [-0.2, -0.15) is 0 Å². The maximum absolute atomic E-state index is 10.5. The monoisotopic (exact) mass is 156 g/mol.